The largest absolute Gasteiger partial charge is 0.330 e. The summed E-state index contributed by atoms with van der Waals surface area (Å²) in [5.74, 6) is 0. The van der Waals surface area contributed by atoms with E-state index in [2.05, 4.69) is 11.4 Å². The van der Waals surface area contributed by atoms with Crippen LogP contribution in [0.2, 0.25) is 0 Å². The summed E-state index contributed by atoms with van der Waals surface area (Å²) in [6.07, 6.45) is 19.9. The van der Waals surface area contributed by atoms with Gasteiger partial charge in [0.25, 0.3) is 0 Å². The summed E-state index contributed by atoms with van der Waals surface area (Å²) in [5.41, 5.74) is 5.47. The number of rotatable bonds is 16. The third-order valence-electron chi connectivity index (χ3n) is 3.74. The Bertz CT molecular complexity index is 178. The molecule has 0 aliphatic heterocycles. The van der Waals surface area contributed by atoms with Gasteiger partial charge in [-0.15, -0.1) is 0 Å². The average Bonchev–Trinajstić information content (AvgIpc) is 2.53. The van der Waals surface area contributed by atoms with E-state index in [-0.39, 0.29) is 8.69 Å². The van der Waals surface area contributed by atoms with E-state index in [0.29, 0.717) is 6.61 Å². The molecule has 0 aliphatic rings. The summed E-state index contributed by atoms with van der Waals surface area (Å²) in [5, 5.41) is 0. The normalized spacial score (nSPS) is 10.5. The number of hydrogen-bond acceptors (Lipinski definition) is 3. The Kier molecular flexibility index (Phi) is 28.6. The minimum Gasteiger partial charge on any atom is -0.330 e. The summed E-state index contributed by atoms with van der Waals surface area (Å²) in [6, 6.07) is 0. The third-order valence-corrected chi connectivity index (χ3v) is 4.10. The molecule has 0 aromatic carbocycles. The van der Waals surface area contributed by atoms with Crippen LogP contribution in [0.5, 0.6) is 0 Å². The van der Waals surface area contributed by atoms with Crippen LogP contribution in [0.3, 0.4) is 0 Å². The quantitative estimate of drug-likeness (QED) is 0.254. The molecule has 3 nitrogen and oxygen atoms in total. The Hall–Kier alpha value is 0.0200. The van der Waals surface area contributed by atoms with Crippen LogP contribution in [-0.4, -0.2) is 13.2 Å². The van der Waals surface area contributed by atoms with Gasteiger partial charge in [0.05, 0.1) is 6.61 Å². The highest BCUT2D eigenvalue weighted by atomic mass is 31.1. The van der Waals surface area contributed by atoms with Gasteiger partial charge in [0.2, 0.25) is 0 Å². The zero-order chi connectivity index (χ0) is 16.7. The Balaban J connectivity index is 0. The fourth-order valence-electron chi connectivity index (χ4n) is 2.39. The van der Waals surface area contributed by atoms with Gasteiger partial charge in [-0.05, 0) is 19.9 Å². The van der Waals surface area contributed by atoms with Gasteiger partial charge in [0.1, 0.15) is 0 Å². The maximum Gasteiger partial charge on any atom is 0.327 e. The molecule has 0 heterocycles. The smallest absolute Gasteiger partial charge is 0.327 e. The molecule has 0 spiro atoms. The number of hydrogen-bond donors (Lipinski definition) is 1. The third kappa shape index (κ3) is 28.2. The van der Waals surface area contributed by atoms with E-state index < -0.39 is 0 Å². The molecule has 2 N–H and O–H groups in total. The summed E-state index contributed by atoms with van der Waals surface area (Å²) in [6.45, 7) is 5.46. The predicted molar refractivity (Wildman–Crippen MR) is 98.6 cm³/mol. The summed E-state index contributed by atoms with van der Waals surface area (Å²) in [7, 11) is -0.220. The molecule has 0 rings (SSSR count). The fourth-order valence-corrected chi connectivity index (χ4v) is 2.50. The Morgan fingerprint density at radius 1 is 0.682 bits per heavy atom. The van der Waals surface area contributed by atoms with Crippen molar-refractivity contribution in [3.63, 3.8) is 0 Å². The highest BCUT2D eigenvalue weighted by molar-refractivity contribution is 7.17. The van der Waals surface area contributed by atoms with E-state index in [0.717, 1.165) is 6.54 Å². The van der Waals surface area contributed by atoms with Crippen molar-refractivity contribution in [3.05, 3.63) is 0 Å². The van der Waals surface area contributed by atoms with Crippen LogP contribution < -0.4 is 5.73 Å². The first-order valence-electron chi connectivity index (χ1n) is 9.48. The van der Waals surface area contributed by atoms with Crippen LogP contribution in [0.25, 0.3) is 0 Å². The fraction of sp³-hybridized carbons (Fsp3) is 1.00. The lowest BCUT2D eigenvalue weighted by Crippen LogP contribution is -1.97. The maximum atomic E-state index is 9.28. The van der Waals surface area contributed by atoms with Crippen LogP contribution >= 0.6 is 8.69 Å². The summed E-state index contributed by atoms with van der Waals surface area (Å²) in [4.78, 5) is 0. The molecule has 0 atom stereocenters. The summed E-state index contributed by atoms with van der Waals surface area (Å²) < 4.78 is 13.5. The second kappa shape index (κ2) is 25.9. The van der Waals surface area contributed by atoms with Crippen molar-refractivity contribution >= 4 is 8.69 Å². The maximum absolute atomic E-state index is 9.28. The Labute approximate surface area is 141 Å². The van der Waals surface area contributed by atoms with E-state index in [4.69, 9.17) is 5.73 Å². The second-order valence-electron chi connectivity index (χ2n) is 5.88. The lowest BCUT2D eigenvalue weighted by molar-refractivity contribution is 0.365. The van der Waals surface area contributed by atoms with E-state index in [1.54, 1.807) is 6.92 Å². The predicted octanol–water partition coefficient (Wildman–Crippen LogP) is 6.66. The van der Waals surface area contributed by atoms with Gasteiger partial charge in [0, 0.05) is 0 Å². The second-order valence-corrected chi connectivity index (χ2v) is 6.28. The van der Waals surface area contributed by atoms with Crippen LogP contribution in [0, 0.1) is 0 Å². The van der Waals surface area contributed by atoms with Crippen molar-refractivity contribution < 1.29 is 9.09 Å². The van der Waals surface area contributed by atoms with Crippen LogP contribution in [0.1, 0.15) is 104 Å². The van der Waals surface area contributed by atoms with Crippen LogP contribution in [-0.2, 0) is 9.09 Å². The first-order chi connectivity index (χ1) is 10.8. The molecule has 0 saturated heterocycles. The van der Waals surface area contributed by atoms with Crippen LogP contribution in [0.4, 0.5) is 0 Å². The monoisotopic (exact) mass is 333 g/mol. The molecule has 134 valence electrons. The highest BCUT2D eigenvalue weighted by Gasteiger charge is 1.93. The van der Waals surface area contributed by atoms with E-state index in [1.165, 1.54) is 89.9 Å². The molecule has 0 aromatic rings. The van der Waals surface area contributed by atoms with Crippen molar-refractivity contribution in [2.24, 2.45) is 5.73 Å². The van der Waals surface area contributed by atoms with E-state index >= 15 is 0 Å². The standard InChI is InChI=1S/C16H35N.C2H5O2P/c1-2-3-4-5-6-7-8-9-10-11-12-13-14-15-16-17;1-2-4-5-3/h2-17H2,1H3;2H2,1H3. The van der Waals surface area contributed by atoms with Gasteiger partial charge in [0.15, 0.2) is 0 Å². The molecule has 22 heavy (non-hydrogen) atoms. The van der Waals surface area contributed by atoms with Gasteiger partial charge in [-0.2, -0.15) is 0 Å². The Morgan fingerprint density at radius 2 is 1.05 bits per heavy atom. The number of nitrogens with two attached hydrogens (primary N) is 1. The highest BCUT2D eigenvalue weighted by Crippen LogP contribution is 2.12. The Morgan fingerprint density at radius 3 is 1.27 bits per heavy atom. The molecule has 4 heteroatoms. The van der Waals surface area contributed by atoms with E-state index in [9.17, 15) is 4.57 Å². The summed E-state index contributed by atoms with van der Waals surface area (Å²) >= 11 is 0. The molecular formula is C18H40NO2P. The zero-order valence-electron chi connectivity index (χ0n) is 15.2. The van der Waals surface area contributed by atoms with Gasteiger partial charge in [-0.3, -0.25) is 4.52 Å². The van der Waals surface area contributed by atoms with Crippen molar-refractivity contribution in [2.45, 2.75) is 104 Å². The van der Waals surface area contributed by atoms with Gasteiger partial charge < -0.3 is 5.73 Å². The molecule has 0 radical (unpaired) electrons. The minimum absolute atomic E-state index is 0.220. The molecule has 0 unspecified atom stereocenters. The first kappa shape index (κ1) is 24.3. The van der Waals surface area contributed by atoms with Crippen LogP contribution in [0.15, 0.2) is 0 Å². The molecule has 0 bridgehead atoms. The van der Waals surface area contributed by atoms with E-state index in [1.807, 2.05) is 0 Å². The van der Waals surface area contributed by atoms with Crippen molar-refractivity contribution in [1.82, 2.24) is 0 Å². The average molecular weight is 333 g/mol. The topological polar surface area (TPSA) is 52.3 Å². The molecular weight excluding hydrogens is 293 g/mol. The van der Waals surface area contributed by atoms with Gasteiger partial charge >= 0.3 is 8.69 Å². The lowest BCUT2D eigenvalue weighted by atomic mass is 10.0. The molecule has 0 aliphatic carbocycles. The first-order valence-corrected chi connectivity index (χ1v) is 10.2. The van der Waals surface area contributed by atoms with Crippen molar-refractivity contribution in [3.8, 4) is 0 Å². The van der Waals surface area contributed by atoms with Crippen molar-refractivity contribution in [2.75, 3.05) is 13.2 Å². The SMILES string of the molecule is CCCCCCCCCCCCCCCCN.CCOP=O. The molecule has 0 fully saturated rings. The lowest BCUT2D eigenvalue weighted by Gasteiger charge is -2.02. The van der Waals surface area contributed by atoms with Gasteiger partial charge in [-0.25, -0.2) is 4.57 Å². The molecule has 0 aromatic heterocycles. The zero-order valence-corrected chi connectivity index (χ0v) is 16.0. The van der Waals surface area contributed by atoms with Crippen molar-refractivity contribution in [1.29, 1.82) is 0 Å². The molecule has 0 saturated carbocycles. The molecule has 0 amide bonds. The minimum atomic E-state index is -0.220. The van der Waals surface area contributed by atoms with Gasteiger partial charge in [-0.1, -0.05) is 90.4 Å². The number of unbranched alkanes of at least 4 members (excludes halogenated alkanes) is 13.